The van der Waals surface area contributed by atoms with Crippen molar-refractivity contribution in [3.63, 3.8) is 0 Å². The van der Waals surface area contributed by atoms with E-state index in [-0.39, 0.29) is 24.6 Å². The smallest absolute Gasteiger partial charge is 0.304 e. The first-order chi connectivity index (χ1) is 6.58. The molecule has 0 aliphatic heterocycles. The molecule has 0 aromatic carbocycles. The molecule has 1 aliphatic carbocycles. The summed E-state index contributed by atoms with van der Waals surface area (Å²) in [4.78, 5) is 10.5. The van der Waals surface area contributed by atoms with Gasteiger partial charge in [0.2, 0.25) is 0 Å². The Bertz CT molecular complexity index is 200. The van der Waals surface area contributed by atoms with E-state index in [1.54, 1.807) is 0 Å². The van der Waals surface area contributed by atoms with E-state index in [0.717, 1.165) is 25.7 Å². The lowest BCUT2D eigenvalue weighted by molar-refractivity contribution is -0.137. The number of hydrogen-bond donors (Lipinski definition) is 3. The van der Waals surface area contributed by atoms with E-state index in [9.17, 15) is 9.90 Å². The zero-order valence-electron chi connectivity index (χ0n) is 8.62. The molecule has 1 saturated carbocycles. The molecule has 0 aromatic rings. The first kappa shape index (κ1) is 11.5. The van der Waals surface area contributed by atoms with Crippen LogP contribution in [0.25, 0.3) is 0 Å². The zero-order valence-corrected chi connectivity index (χ0v) is 8.62. The van der Waals surface area contributed by atoms with Gasteiger partial charge in [0.15, 0.2) is 0 Å². The van der Waals surface area contributed by atoms with E-state index in [1.165, 1.54) is 0 Å². The Balaban J connectivity index is 2.43. The summed E-state index contributed by atoms with van der Waals surface area (Å²) in [6.07, 6.45) is 4.25. The van der Waals surface area contributed by atoms with E-state index in [2.05, 4.69) is 5.32 Å². The molecule has 82 valence electrons. The molecule has 3 N–H and O–H groups in total. The van der Waals surface area contributed by atoms with Crippen LogP contribution in [0.15, 0.2) is 0 Å². The second-order valence-electron chi connectivity index (χ2n) is 4.29. The summed E-state index contributed by atoms with van der Waals surface area (Å²) in [5.74, 6) is -0.795. The Kier molecular flexibility index (Phi) is 3.89. The molecule has 0 amide bonds. The van der Waals surface area contributed by atoms with Gasteiger partial charge in [-0.15, -0.1) is 0 Å². The van der Waals surface area contributed by atoms with Crippen LogP contribution in [0.3, 0.4) is 0 Å². The van der Waals surface area contributed by atoms with Crippen LogP contribution in [0.5, 0.6) is 0 Å². The van der Waals surface area contributed by atoms with Crippen molar-refractivity contribution in [2.45, 2.75) is 50.6 Å². The predicted molar refractivity (Wildman–Crippen MR) is 53.1 cm³/mol. The predicted octanol–water partition coefficient (Wildman–Crippen LogP) is 0.744. The van der Waals surface area contributed by atoms with Gasteiger partial charge in [-0.3, -0.25) is 4.79 Å². The fourth-order valence-corrected chi connectivity index (χ4v) is 2.24. The number of rotatable bonds is 5. The highest BCUT2D eigenvalue weighted by atomic mass is 16.4. The Labute approximate surface area is 84.3 Å². The van der Waals surface area contributed by atoms with Gasteiger partial charge in [0.05, 0.1) is 13.0 Å². The van der Waals surface area contributed by atoms with E-state index >= 15 is 0 Å². The molecule has 1 rings (SSSR count). The lowest BCUT2D eigenvalue weighted by Crippen LogP contribution is -2.50. The molecule has 0 bridgehead atoms. The molecule has 1 unspecified atom stereocenters. The minimum absolute atomic E-state index is 0.0715. The van der Waals surface area contributed by atoms with Gasteiger partial charge < -0.3 is 15.5 Å². The lowest BCUT2D eigenvalue weighted by atomic mass is 9.97. The molecular formula is C10H19NO3. The van der Waals surface area contributed by atoms with E-state index in [1.807, 2.05) is 6.92 Å². The molecule has 0 saturated heterocycles. The monoisotopic (exact) mass is 201 g/mol. The Hall–Kier alpha value is -0.610. The van der Waals surface area contributed by atoms with Gasteiger partial charge in [0, 0.05) is 11.6 Å². The zero-order chi connectivity index (χ0) is 10.6. The van der Waals surface area contributed by atoms with Crippen LogP contribution < -0.4 is 5.32 Å². The summed E-state index contributed by atoms with van der Waals surface area (Å²) in [5, 5.41) is 21.1. The van der Waals surface area contributed by atoms with Crippen LogP contribution in [0.1, 0.15) is 39.0 Å². The molecule has 0 radical (unpaired) electrons. The summed E-state index contributed by atoms with van der Waals surface area (Å²) in [5.41, 5.74) is -0.213. The first-order valence-electron chi connectivity index (χ1n) is 5.18. The maximum absolute atomic E-state index is 10.5. The van der Waals surface area contributed by atoms with Crippen molar-refractivity contribution in [1.29, 1.82) is 0 Å². The molecule has 4 heteroatoms. The summed E-state index contributed by atoms with van der Waals surface area (Å²) in [6, 6.07) is -0.0715. The maximum Gasteiger partial charge on any atom is 0.304 e. The average Bonchev–Trinajstić information content (AvgIpc) is 2.52. The van der Waals surface area contributed by atoms with Gasteiger partial charge in [-0.25, -0.2) is 0 Å². The number of aliphatic carboxylic acids is 1. The van der Waals surface area contributed by atoms with Crippen LogP contribution >= 0.6 is 0 Å². The number of carboxylic acid groups (broad SMARTS) is 1. The topological polar surface area (TPSA) is 69.6 Å². The van der Waals surface area contributed by atoms with Crippen molar-refractivity contribution in [2.75, 3.05) is 6.61 Å². The third-order valence-electron chi connectivity index (χ3n) is 2.90. The average molecular weight is 201 g/mol. The largest absolute Gasteiger partial charge is 0.481 e. The molecule has 0 heterocycles. The third kappa shape index (κ3) is 2.96. The number of nitrogens with one attached hydrogen (secondary N) is 1. The number of aliphatic hydroxyl groups excluding tert-OH is 1. The van der Waals surface area contributed by atoms with Gasteiger partial charge in [-0.1, -0.05) is 12.8 Å². The van der Waals surface area contributed by atoms with Crippen molar-refractivity contribution in [1.82, 2.24) is 5.32 Å². The molecule has 0 spiro atoms. The van der Waals surface area contributed by atoms with Crippen molar-refractivity contribution in [3.8, 4) is 0 Å². The van der Waals surface area contributed by atoms with Crippen molar-refractivity contribution in [3.05, 3.63) is 0 Å². The SMILES string of the molecule is CC(CC(=O)O)NC1(CO)CCCC1. The van der Waals surface area contributed by atoms with Crippen LogP contribution in [0.2, 0.25) is 0 Å². The Morgan fingerprint density at radius 3 is 2.50 bits per heavy atom. The summed E-state index contributed by atoms with van der Waals surface area (Å²) < 4.78 is 0. The molecule has 4 nitrogen and oxygen atoms in total. The Morgan fingerprint density at radius 1 is 1.50 bits per heavy atom. The standard InChI is InChI=1S/C10H19NO3/c1-8(6-9(13)14)11-10(7-12)4-2-3-5-10/h8,11-12H,2-7H2,1H3,(H,13,14). The minimum atomic E-state index is -0.795. The fraction of sp³-hybridized carbons (Fsp3) is 0.900. The number of carbonyl (C=O) groups is 1. The normalized spacial score (nSPS) is 22.1. The van der Waals surface area contributed by atoms with Crippen LogP contribution in [-0.2, 0) is 4.79 Å². The summed E-state index contributed by atoms with van der Waals surface area (Å²) in [7, 11) is 0. The van der Waals surface area contributed by atoms with E-state index in [0.29, 0.717) is 0 Å². The quantitative estimate of drug-likeness (QED) is 0.613. The molecule has 14 heavy (non-hydrogen) atoms. The summed E-state index contributed by atoms with van der Waals surface area (Å²) in [6.45, 7) is 1.96. The van der Waals surface area contributed by atoms with Gasteiger partial charge in [-0.05, 0) is 19.8 Å². The number of carboxylic acids is 1. The molecule has 0 aromatic heterocycles. The van der Waals surface area contributed by atoms with Crippen LogP contribution in [0, 0.1) is 0 Å². The second-order valence-corrected chi connectivity index (χ2v) is 4.29. The number of hydrogen-bond acceptors (Lipinski definition) is 3. The molecule has 1 aliphatic rings. The van der Waals surface area contributed by atoms with Gasteiger partial charge in [-0.2, -0.15) is 0 Å². The van der Waals surface area contributed by atoms with E-state index < -0.39 is 5.97 Å². The Morgan fingerprint density at radius 2 is 2.07 bits per heavy atom. The van der Waals surface area contributed by atoms with E-state index in [4.69, 9.17) is 5.11 Å². The fourth-order valence-electron chi connectivity index (χ4n) is 2.24. The lowest BCUT2D eigenvalue weighted by Gasteiger charge is -2.31. The van der Waals surface area contributed by atoms with Crippen LogP contribution in [-0.4, -0.2) is 34.4 Å². The highest BCUT2D eigenvalue weighted by Gasteiger charge is 2.34. The molecule has 1 fully saturated rings. The van der Waals surface area contributed by atoms with Crippen molar-refractivity contribution < 1.29 is 15.0 Å². The molecule has 1 atom stereocenters. The minimum Gasteiger partial charge on any atom is -0.481 e. The highest BCUT2D eigenvalue weighted by Crippen LogP contribution is 2.29. The maximum atomic E-state index is 10.5. The first-order valence-corrected chi connectivity index (χ1v) is 5.18. The second kappa shape index (κ2) is 4.75. The summed E-state index contributed by atoms with van der Waals surface area (Å²) >= 11 is 0. The number of aliphatic hydroxyl groups is 1. The van der Waals surface area contributed by atoms with Crippen molar-refractivity contribution >= 4 is 5.97 Å². The third-order valence-corrected chi connectivity index (χ3v) is 2.90. The van der Waals surface area contributed by atoms with Crippen LogP contribution in [0.4, 0.5) is 0 Å². The van der Waals surface area contributed by atoms with Gasteiger partial charge >= 0.3 is 5.97 Å². The van der Waals surface area contributed by atoms with Gasteiger partial charge in [0.1, 0.15) is 0 Å². The van der Waals surface area contributed by atoms with Crippen molar-refractivity contribution in [2.24, 2.45) is 0 Å². The van der Waals surface area contributed by atoms with Gasteiger partial charge in [0.25, 0.3) is 0 Å². The highest BCUT2D eigenvalue weighted by molar-refractivity contribution is 5.67. The molecular weight excluding hydrogens is 182 g/mol.